The molecule has 60 valence electrons. The summed E-state index contributed by atoms with van der Waals surface area (Å²) in [4.78, 5) is 2.04. The van der Waals surface area contributed by atoms with Crippen LogP contribution in [0.2, 0.25) is 0 Å². The Morgan fingerprint density at radius 3 is 2.40 bits per heavy atom. The van der Waals surface area contributed by atoms with E-state index in [1.807, 2.05) is 11.9 Å². The number of hydrogen-bond acceptors (Lipinski definition) is 2. The largest absolute Gasteiger partial charge is 0.378 e. The van der Waals surface area contributed by atoms with Gasteiger partial charge in [-0.05, 0) is 32.7 Å². The van der Waals surface area contributed by atoms with Gasteiger partial charge in [0.25, 0.3) is 0 Å². The number of likely N-dealkylation sites (tertiary alicyclic amines) is 1. The minimum absolute atomic E-state index is 0.209. The van der Waals surface area contributed by atoms with Gasteiger partial charge in [0.1, 0.15) is 6.23 Å². The Morgan fingerprint density at radius 2 is 1.90 bits per heavy atom. The van der Waals surface area contributed by atoms with Crippen molar-refractivity contribution in [2.75, 3.05) is 7.05 Å². The van der Waals surface area contributed by atoms with Gasteiger partial charge >= 0.3 is 0 Å². The molecule has 2 heteroatoms. The average Bonchev–Trinajstić information content (AvgIpc) is 1.82. The Balaban J connectivity index is 2.49. The van der Waals surface area contributed by atoms with Crippen LogP contribution >= 0.6 is 0 Å². The van der Waals surface area contributed by atoms with Crippen molar-refractivity contribution < 1.29 is 5.11 Å². The van der Waals surface area contributed by atoms with Crippen molar-refractivity contribution in [2.24, 2.45) is 5.92 Å². The molecule has 2 nitrogen and oxygen atoms in total. The quantitative estimate of drug-likeness (QED) is 0.548. The second-order valence-corrected chi connectivity index (χ2v) is 3.57. The highest BCUT2D eigenvalue weighted by Gasteiger charge is 2.26. The maximum Gasteiger partial charge on any atom is 0.107 e. The molecule has 0 saturated carbocycles. The SMILES string of the molecule is CC1CC(C)N(C)C(O)C1. The Hall–Kier alpha value is -0.0800. The fraction of sp³-hybridized carbons (Fsp3) is 1.00. The standard InChI is InChI=1S/C8H17NO/c1-6-4-7(2)9(3)8(10)5-6/h6-8,10H,4-5H2,1-3H3. The molecule has 1 aliphatic heterocycles. The highest BCUT2D eigenvalue weighted by molar-refractivity contribution is 4.76. The maximum absolute atomic E-state index is 9.44. The predicted molar refractivity (Wildman–Crippen MR) is 41.6 cm³/mol. The van der Waals surface area contributed by atoms with Crippen LogP contribution in [0.15, 0.2) is 0 Å². The molecule has 0 spiro atoms. The number of rotatable bonds is 0. The first-order chi connectivity index (χ1) is 4.61. The van der Waals surface area contributed by atoms with E-state index in [4.69, 9.17) is 0 Å². The molecule has 1 N–H and O–H groups in total. The smallest absolute Gasteiger partial charge is 0.107 e. The minimum atomic E-state index is -0.209. The van der Waals surface area contributed by atoms with Crippen LogP contribution in [0.25, 0.3) is 0 Å². The molecule has 0 aromatic heterocycles. The van der Waals surface area contributed by atoms with Crippen LogP contribution in [0.4, 0.5) is 0 Å². The van der Waals surface area contributed by atoms with E-state index in [1.54, 1.807) is 0 Å². The summed E-state index contributed by atoms with van der Waals surface area (Å²) in [7, 11) is 1.99. The summed E-state index contributed by atoms with van der Waals surface area (Å²) in [5, 5.41) is 9.44. The zero-order chi connectivity index (χ0) is 7.72. The molecular formula is C8H17NO. The summed E-state index contributed by atoms with van der Waals surface area (Å²) in [5.41, 5.74) is 0. The third-order valence-corrected chi connectivity index (χ3v) is 2.52. The first kappa shape index (κ1) is 8.02. The molecule has 3 atom stereocenters. The van der Waals surface area contributed by atoms with E-state index < -0.39 is 0 Å². The Morgan fingerprint density at radius 1 is 1.30 bits per heavy atom. The van der Waals surface area contributed by atoms with E-state index in [-0.39, 0.29) is 6.23 Å². The molecule has 0 aliphatic carbocycles. The van der Waals surface area contributed by atoms with Gasteiger partial charge in [0, 0.05) is 6.04 Å². The summed E-state index contributed by atoms with van der Waals surface area (Å²) in [6.07, 6.45) is 1.94. The van der Waals surface area contributed by atoms with Gasteiger partial charge < -0.3 is 5.11 Å². The highest BCUT2D eigenvalue weighted by atomic mass is 16.3. The van der Waals surface area contributed by atoms with E-state index in [0.717, 1.165) is 6.42 Å². The zero-order valence-electron chi connectivity index (χ0n) is 7.04. The van der Waals surface area contributed by atoms with Crippen LogP contribution < -0.4 is 0 Å². The van der Waals surface area contributed by atoms with Crippen LogP contribution in [0.5, 0.6) is 0 Å². The van der Waals surface area contributed by atoms with Crippen molar-refractivity contribution in [3.63, 3.8) is 0 Å². The third kappa shape index (κ3) is 1.50. The molecule has 0 amide bonds. The number of aliphatic hydroxyl groups excluding tert-OH is 1. The lowest BCUT2D eigenvalue weighted by atomic mass is 9.93. The van der Waals surface area contributed by atoms with E-state index in [9.17, 15) is 5.11 Å². The topological polar surface area (TPSA) is 23.5 Å². The van der Waals surface area contributed by atoms with Gasteiger partial charge in [0.05, 0.1) is 0 Å². The lowest BCUT2D eigenvalue weighted by Crippen LogP contribution is -2.44. The Labute approximate surface area is 62.8 Å². The number of piperidine rings is 1. The maximum atomic E-state index is 9.44. The lowest BCUT2D eigenvalue weighted by Gasteiger charge is -2.37. The van der Waals surface area contributed by atoms with Crippen LogP contribution in [0, 0.1) is 5.92 Å². The fourth-order valence-electron chi connectivity index (χ4n) is 1.66. The summed E-state index contributed by atoms with van der Waals surface area (Å²) in [6, 6.07) is 0.541. The van der Waals surface area contributed by atoms with Crippen LogP contribution in [0.3, 0.4) is 0 Å². The van der Waals surface area contributed by atoms with Crippen molar-refractivity contribution in [2.45, 2.75) is 39.0 Å². The van der Waals surface area contributed by atoms with E-state index in [1.165, 1.54) is 6.42 Å². The van der Waals surface area contributed by atoms with E-state index in [2.05, 4.69) is 13.8 Å². The molecule has 1 rings (SSSR count). The Bertz CT molecular complexity index is 104. The number of aliphatic hydroxyl groups is 1. The third-order valence-electron chi connectivity index (χ3n) is 2.52. The zero-order valence-corrected chi connectivity index (χ0v) is 7.04. The van der Waals surface area contributed by atoms with Gasteiger partial charge in [-0.1, -0.05) is 6.92 Å². The highest BCUT2D eigenvalue weighted by Crippen LogP contribution is 2.24. The van der Waals surface area contributed by atoms with E-state index in [0.29, 0.717) is 12.0 Å². The lowest BCUT2D eigenvalue weighted by molar-refractivity contribution is -0.0504. The Kier molecular flexibility index (Phi) is 2.32. The monoisotopic (exact) mass is 143 g/mol. The van der Waals surface area contributed by atoms with Gasteiger partial charge in [0.15, 0.2) is 0 Å². The van der Waals surface area contributed by atoms with Gasteiger partial charge in [-0.15, -0.1) is 0 Å². The molecule has 10 heavy (non-hydrogen) atoms. The van der Waals surface area contributed by atoms with Gasteiger partial charge in [-0.2, -0.15) is 0 Å². The first-order valence-electron chi connectivity index (χ1n) is 4.01. The van der Waals surface area contributed by atoms with Gasteiger partial charge in [-0.3, -0.25) is 4.90 Å². The van der Waals surface area contributed by atoms with Crippen molar-refractivity contribution in [1.82, 2.24) is 4.90 Å². The minimum Gasteiger partial charge on any atom is -0.378 e. The van der Waals surface area contributed by atoms with E-state index >= 15 is 0 Å². The molecular weight excluding hydrogens is 126 g/mol. The molecule has 0 radical (unpaired) electrons. The summed E-state index contributed by atoms with van der Waals surface area (Å²) in [6.45, 7) is 4.37. The summed E-state index contributed by atoms with van der Waals surface area (Å²) < 4.78 is 0. The first-order valence-corrected chi connectivity index (χ1v) is 4.01. The fourth-order valence-corrected chi connectivity index (χ4v) is 1.66. The van der Waals surface area contributed by atoms with Gasteiger partial charge in [0.2, 0.25) is 0 Å². The molecule has 1 heterocycles. The molecule has 1 aliphatic rings. The molecule has 3 unspecified atom stereocenters. The molecule has 0 aromatic carbocycles. The number of hydrogen-bond donors (Lipinski definition) is 1. The van der Waals surface area contributed by atoms with Crippen molar-refractivity contribution in [1.29, 1.82) is 0 Å². The van der Waals surface area contributed by atoms with Crippen LogP contribution in [0.1, 0.15) is 26.7 Å². The number of nitrogens with zero attached hydrogens (tertiary/aromatic N) is 1. The second-order valence-electron chi connectivity index (χ2n) is 3.57. The van der Waals surface area contributed by atoms with Crippen LogP contribution in [-0.4, -0.2) is 29.3 Å². The van der Waals surface area contributed by atoms with Crippen molar-refractivity contribution >= 4 is 0 Å². The molecule has 1 fully saturated rings. The molecule has 0 aromatic rings. The van der Waals surface area contributed by atoms with Crippen molar-refractivity contribution in [3.8, 4) is 0 Å². The molecule has 1 saturated heterocycles. The predicted octanol–water partition coefficient (Wildman–Crippen LogP) is 1.05. The average molecular weight is 143 g/mol. The summed E-state index contributed by atoms with van der Waals surface area (Å²) in [5.74, 6) is 0.682. The van der Waals surface area contributed by atoms with Crippen LogP contribution in [-0.2, 0) is 0 Å². The van der Waals surface area contributed by atoms with Gasteiger partial charge in [-0.25, -0.2) is 0 Å². The normalized spacial score (nSPS) is 43.8. The van der Waals surface area contributed by atoms with Crippen molar-refractivity contribution in [3.05, 3.63) is 0 Å². The second kappa shape index (κ2) is 2.89. The summed E-state index contributed by atoms with van der Waals surface area (Å²) >= 11 is 0. The molecule has 0 bridgehead atoms.